The van der Waals surface area contributed by atoms with Crippen molar-refractivity contribution in [2.75, 3.05) is 12.3 Å². The van der Waals surface area contributed by atoms with Crippen molar-refractivity contribution in [3.05, 3.63) is 16.3 Å². The second-order valence-corrected chi connectivity index (χ2v) is 8.10. The Kier molecular flexibility index (Phi) is 4.22. The number of rotatable bonds is 4. The van der Waals surface area contributed by atoms with E-state index in [9.17, 15) is 0 Å². The van der Waals surface area contributed by atoms with Crippen molar-refractivity contribution in [2.45, 2.75) is 45.4 Å². The molecule has 0 saturated heterocycles. The number of hydrogen-bond donors (Lipinski definition) is 0. The smallest absolute Gasteiger partial charge is 0.0153 e. The molecule has 0 atom stereocenters. The molecule has 15 heavy (non-hydrogen) atoms. The number of thiophene rings is 1. The topological polar surface area (TPSA) is 0 Å². The molecule has 0 aromatic carbocycles. The van der Waals surface area contributed by atoms with E-state index < -0.39 is 0 Å². The lowest BCUT2D eigenvalue weighted by Gasteiger charge is -2.17. The van der Waals surface area contributed by atoms with Gasteiger partial charge in [0.25, 0.3) is 0 Å². The quantitative estimate of drug-likeness (QED) is 0.677. The van der Waals surface area contributed by atoms with Crippen molar-refractivity contribution < 1.29 is 0 Å². The van der Waals surface area contributed by atoms with E-state index in [2.05, 4.69) is 25.3 Å². The van der Waals surface area contributed by atoms with Crippen molar-refractivity contribution in [3.63, 3.8) is 0 Å². The van der Waals surface area contributed by atoms with Crippen LogP contribution in [0.4, 0.5) is 0 Å². The van der Waals surface area contributed by atoms with Gasteiger partial charge in [0.15, 0.2) is 0 Å². The lowest BCUT2D eigenvalue weighted by Crippen LogP contribution is -2.09. The minimum Gasteiger partial charge on any atom is -0.148 e. The van der Waals surface area contributed by atoms with Crippen LogP contribution in [0, 0.1) is 0 Å². The van der Waals surface area contributed by atoms with Crippen molar-refractivity contribution >= 4 is 24.6 Å². The molecule has 2 rings (SSSR count). The Morgan fingerprint density at radius 1 is 1.27 bits per heavy atom. The van der Waals surface area contributed by atoms with Crippen LogP contribution >= 0.6 is 19.3 Å². The van der Waals surface area contributed by atoms with E-state index in [1.165, 1.54) is 38.0 Å². The average Bonchev–Trinajstić information content (AvgIpc) is 2.88. The average molecular weight is 240 g/mol. The number of hydrogen-bond acceptors (Lipinski definition) is 1. The van der Waals surface area contributed by atoms with Crippen LogP contribution in [0.1, 0.15) is 50.3 Å². The predicted octanol–water partition coefficient (Wildman–Crippen LogP) is 4.55. The van der Waals surface area contributed by atoms with Crippen LogP contribution in [0.5, 0.6) is 0 Å². The van der Waals surface area contributed by atoms with Crippen LogP contribution in [0.3, 0.4) is 0 Å². The largest absolute Gasteiger partial charge is 0.148 e. The zero-order valence-electron chi connectivity index (χ0n) is 9.83. The Morgan fingerprint density at radius 3 is 2.53 bits per heavy atom. The van der Waals surface area contributed by atoms with Gasteiger partial charge in [-0.25, -0.2) is 0 Å². The van der Waals surface area contributed by atoms with Gasteiger partial charge in [0.2, 0.25) is 0 Å². The third kappa shape index (κ3) is 2.45. The van der Waals surface area contributed by atoms with Gasteiger partial charge in [-0.3, -0.25) is 0 Å². The van der Waals surface area contributed by atoms with Crippen LogP contribution in [0.2, 0.25) is 0 Å². The van der Waals surface area contributed by atoms with E-state index in [0.29, 0.717) is 0 Å². The maximum Gasteiger partial charge on any atom is 0.0153 e. The zero-order valence-corrected chi connectivity index (χ0v) is 11.5. The molecule has 1 aromatic rings. The fourth-order valence-electron chi connectivity index (χ4n) is 2.63. The van der Waals surface area contributed by atoms with Crippen molar-refractivity contribution in [1.82, 2.24) is 0 Å². The first kappa shape index (κ1) is 11.6. The predicted molar refractivity (Wildman–Crippen MR) is 73.2 cm³/mol. The second kappa shape index (κ2) is 5.46. The summed E-state index contributed by atoms with van der Waals surface area (Å²) >= 11 is 2.02. The summed E-state index contributed by atoms with van der Waals surface area (Å²) in [4.78, 5) is 1.75. The highest BCUT2D eigenvalue weighted by Crippen LogP contribution is 2.42. The molecule has 1 saturated carbocycles. The first-order chi connectivity index (χ1) is 7.36. The highest BCUT2D eigenvalue weighted by molar-refractivity contribution is 7.66. The molecule has 1 aliphatic carbocycles. The van der Waals surface area contributed by atoms with E-state index in [0.717, 1.165) is 5.92 Å². The maximum absolute atomic E-state index is 2.41. The molecule has 0 aliphatic heterocycles. The second-order valence-electron chi connectivity index (χ2n) is 4.32. The first-order valence-electron chi connectivity index (χ1n) is 6.19. The molecular formula is C13H21PS. The lowest BCUT2D eigenvalue weighted by atomic mass is 10.1. The van der Waals surface area contributed by atoms with E-state index in [-0.39, 0.29) is 7.92 Å². The molecule has 0 amide bonds. The molecule has 0 N–H and O–H groups in total. The highest BCUT2D eigenvalue weighted by Gasteiger charge is 2.23. The van der Waals surface area contributed by atoms with Crippen LogP contribution in [-0.4, -0.2) is 12.3 Å². The summed E-state index contributed by atoms with van der Waals surface area (Å²) in [6.45, 7) is 4.70. The standard InChI is InChI=1S/C13H21PS/c1-3-14(4-2)12-9-10-15-13(12)11-7-5-6-8-11/h9-11H,3-8H2,1-2H3. The van der Waals surface area contributed by atoms with Gasteiger partial charge in [-0.2, -0.15) is 0 Å². The summed E-state index contributed by atoms with van der Waals surface area (Å²) in [5.74, 6) is 0.920. The third-order valence-electron chi connectivity index (χ3n) is 3.50. The molecule has 0 radical (unpaired) electrons. The maximum atomic E-state index is 2.41. The van der Waals surface area contributed by atoms with Crippen molar-refractivity contribution in [1.29, 1.82) is 0 Å². The normalized spacial score (nSPS) is 17.8. The molecule has 1 aliphatic rings. The lowest BCUT2D eigenvalue weighted by molar-refractivity contribution is 0.742. The Balaban J connectivity index is 2.20. The van der Waals surface area contributed by atoms with Gasteiger partial charge >= 0.3 is 0 Å². The molecule has 0 unspecified atom stereocenters. The zero-order chi connectivity index (χ0) is 10.7. The highest BCUT2D eigenvalue weighted by atomic mass is 32.1. The van der Waals surface area contributed by atoms with E-state index >= 15 is 0 Å². The molecule has 1 heterocycles. The Bertz CT molecular complexity index is 279. The van der Waals surface area contributed by atoms with Gasteiger partial charge in [-0.1, -0.05) is 34.6 Å². The summed E-state index contributed by atoms with van der Waals surface area (Å²) in [7, 11) is 0.159. The van der Waals surface area contributed by atoms with Gasteiger partial charge in [-0.05, 0) is 47.8 Å². The van der Waals surface area contributed by atoms with Gasteiger partial charge in [-0.15, -0.1) is 11.3 Å². The van der Waals surface area contributed by atoms with Crippen molar-refractivity contribution in [2.24, 2.45) is 0 Å². The van der Waals surface area contributed by atoms with Gasteiger partial charge < -0.3 is 0 Å². The minimum atomic E-state index is 0.159. The fraction of sp³-hybridized carbons (Fsp3) is 0.692. The first-order valence-corrected chi connectivity index (χ1v) is 8.78. The summed E-state index contributed by atoms with van der Waals surface area (Å²) in [5, 5.41) is 4.07. The van der Waals surface area contributed by atoms with E-state index in [1.807, 2.05) is 11.3 Å². The summed E-state index contributed by atoms with van der Waals surface area (Å²) in [5.41, 5.74) is 0. The van der Waals surface area contributed by atoms with E-state index in [1.54, 1.807) is 10.2 Å². The van der Waals surface area contributed by atoms with Gasteiger partial charge in [0.1, 0.15) is 0 Å². The van der Waals surface area contributed by atoms with E-state index in [4.69, 9.17) is 0 Å². The van der Waals surface area contributed by atoms with Crippen LogP contribution < -0.4 is 5.30 Å². The molecule has 1 fully saturated rings. The molecule has 0 bridgehead atoms. The third-order valence-corrected chi connectivity index (χ3v) is 7.33. The van der Waals surface area contributed by atoms with Crippen LogP contribution in [0.15, 0.2) is 11.4 Å². The Labute approximate surface area is 98.9 Å². The molecule has 0 spiro atoms. The summed E-state index contributed by atoms with van der Waals surface area (Å²) in [6.07, 6.45) is 8.54. The van der Waals surface area contributed by atoms with Crippen molar-refractivity contribution in [3.8, 4) is 0 Å². The fourth-order valence-corrected chi connectivity index (χ4v) is 6.16. The van der Waals surface area contributed by atoms with Crippen LogP contribution in [-0.2, 0) is 0 Å². The summed E-state index contributed by atoms with van der Waals surface area (Å²) in [6, 6.07) is 2.41. The molecule has 2 heteroatoms. The monoisotopic (exact) mass is 240 g/mol. The molecule has 1 aromatic heterocycles. The van der Waals surface area contributed by atoms with Gasteiger partial charge in [0, 0.05) is 4.88 Å². The Hall–Kier alpha value is 0.130. The minimum absolute atomic E-state index is 0.159. The SMILES string of the molecule is CCP(CC)c1ccsc1C1CCCC1. The molecular weight excluding hydrogens is 219 g/mol. The van der Waals surface area contributed by atoms with Crippen LogP contribution in [0.25, 0.3) is 0 Å². The molecule has 84 valence electrons. The Morgan fingerprint density at radius 2 is 1.93 bits per heavy atom. The molecule has 0 nitrogen and oxygen atoms in total. The van der Waals surface area contributed by atoms with Gasteiger partial charge in [0.05, 0.1) is 0 Å². The summed E-state index contributed by atoms with van der Waals surface area (Å²) < 4.78 is 0.